The van der Waals surface area contributed by atoms with Crippen molar-refractivity contribution in [1.29, 1.82) is 0 Å². The third-order valence-electron chi connectivity index (χ3n) is 2.61. The zero-order valence-corrected chi connectivity index (χ0v) is 11.4. The molecule has 5 heteroatoms. The van der Waals surface area contributed by atoms with Crippen LogP contribution >= 0.6 is 0 Å². The lowest BCUT2D eigenvalue weighted by atomic mass is 10.2. The summed E-state index contributed by atoms with van der Waals surface area (Å²) in [6.07, 6.45) is 2.14. The van der Waals surface area contributed by atoms with E-state index in [2.05, 4.69) is 21.5 Å². The van der Waals surface area contributed by atoms with Gasteiger partial charge in [0.2, 0.25) is 10.0 Å². The molecule has 0 unspecified atom stereocenters. The van der Waals surface area contributed by atoms with E-state index in [9.17, 15) is 8.42 Å². The first-order valence-electron chi connectivity index (χ1n) is 5.88. The monoisotopic (exact) mass is 274 g/mol. The van der Waals surface area contributed by atoms with Crippen LogP contribution in [-0.4, -0.2) is 19.9 Å². The number of aromatic nitrogens is 1. The maximum Gasteiger partial charge on any atom is 0.241 e. The van der Waals surface area contributed by atoms with Crippen LogP contribution in [0.5, 0.6) is 0 Å². The number of pyridine rings is 1. The Balaban J connectivity index is 2.34. The van der Waals surface area contributed by atoms with Crippen LogP contribution in [0.1, 0.15) is 13.3 Å². The maximum absolute atomic E-state index is 12.2. The van der Waals surface area contributed by atoms with Crippen LogP contribution in [0.4, 0.5) is 0 Å². The zero-order chi connectivity index (χ0) is 13.7. The molecular weight excluding hydrogens is 260 g/mol. The molecule has 0 aliphatic heterocycles. The molecule has 98 valence electrons. The molecule has 1 heterocycles. The number of nitrogens with one attached hydrogen (secondary N) is 1. The summed E-state index contributed by atoms with van der Waals surface area (Å²) in [6, 6.07) is 8.54. The SMILES string of the molecule is CC#CCCNS(=O)(=O)c1cccc2ncccc12. The van der Waals surface area contributed by atoms with Crippen LogP contribution in [0, 0.1) is 11.8 Å². The highest BCUT2D eigenvalue weighted by Crippen LogP contribution is 2.20. The van der Waals surface area contributed by atoms with E-state index in [1.54, 1.807) is 43.5 Å². The predicted octanol–water partition coefficient (Wildman–Crippen LogP) is 1.93. The normalized spacial score (nSPS) is 11.0. The number of sulfonamides is 1. The van der Waals surface area contributed by atoms with Gasteiger partial charge in [-0.3, -0.25) is 4.98 Å². The van der Waals surface area contributed by atoms with Crippen LogP contribution in [0.25, 0.3) is 10.9 Å². The third kappa shape index (κ3) is 3.11. The van der Waals surface area contributed by atoms with E-state index in [1.165, 1.54) is 0 Å². The van der Waals surface area contributed by atoms with Gasteiger partial charge in [-0.1, -0.05) is 6.07 Å². The predicted molar refractivity (Wildman–Crippen MR) is 75.0 cm³/mol. The van der Waals surface area contributed by atoms with Crippen LogP contribution in [0.2, 0.25) is 0 Å². The van der Waals surface area contributed by atoms with Gasteiger partial charge in [-0.05, 0) is 31.2 Å². The molecule has 0 aliphatic carbocycles. The summed E-state index contributed by atoms with van der Waals surface area (Å²) in [4.78, 5) is 4.40. The Kier molecular flexibility index (Phi) is 4.15. The summed E-state index contributed by atoms with van der Waals surface area (Å²) >= 11 is 0. The Bertz CT molecular complexity index is 737. The van der Waals surface area contributed by atoms with Crippen molar-refractivity contribution >= 4 is 20.9 Å². The molecule has 0 saturated heterocycles. The summed E-state index contributed by atoms with van der Waals surface area (Å²) < 4.78 is 27.0. The van der Waals surface area contributed by atoms with Gasteiger partial charge in [-0.25, -0.2) is 13.1 Å². The quantitative estimate of drug-likeness (QED) is 0.684. The number of nitrogens with zero attached hydrogens (tertiary/aromatic N) is 1. The van der Waals surface area contributed by atoms with Gasteiger partial charge in [-0.15, -0.1) is 11.8 Å². The van der Waals surface area contributed by atoms with E-state index in [4.69, 9.17) is 0 Å². The molecule has 2 aromatic rings. The summed E-state index contributed by atoms with van der Waals surface area (Å²) in [5.74, 6) is 5.55. The van der Waals surface area contributed by atoms with Crippen molar-refractivity contribution < 1.29 is 8.42 Å². The van der Waals surface area contributed by atoms with Crippen molar-refractivity contribution in [3.8, 4) is 11.8 Å². The molecule has 0 fully saturated rings. The lowest BCUT2D eigenvalue weighted by molar-refractivity contribution is 0.583. The molecule has 0 radical (unpaired) electrons. The van der Waals surface area contributed by atoms with Crippen LogP contribution in [-0.2, 0) is 10.0 Å². The molecule has 19 heavy (non-hydrogen) atoms. The second kappa shape index (κ2) is 5.83. The molecule has 0 aliphatic rings. The molecule has 1 aromatic carbocycles. The summed E-state index contributed by atoms with van der Waals surface area (Å²) in [6.45, 7) is 2.03. The van der Waals surface area contributed by atoms with Crippen molar-refractivity contribution in [2.24, 2.45) is 0 Å². The lowest BCUT2D eigenvalue weighted by Crippen LogP contribution is -2.24. The number of rotatable bonds is 4. The lowest BCUT2D eigenvalue weighted by Gasteiger charge is -2.08. The Hall–Kier alpha value is -1.90. The fourth-order valence-electron chi connectivity index (χ4n) is 1.76. The average Bonchev–Trinajstić information content (AvgIpc) is 2.43. The highest BCUT2D eigenvalue weighted by Gasteiger charge is 2.16. The molecule has 2 rings (SSSR count). The highest BCUT2D eigenvalue weighted by atomic mass is 32.2. The second-order valence-electron chi connectivity index (χ2n) is 3.90. The summed E-state index contributed by atoms with van der Waals surface area (Å²) in [7, 11) is -3.53. The van der Waals surface area contributed by atoms with Gasteiger partial charge >= 0.3 is 0 Å². The Morgan fingerprint density at radius 3 is 2.89 bits per heavy atom. The molecule has 0 amide bonds. The molecule has 0 atom stereocenters. The van der Waals surface area contributed by atoms with Crippen molar-refractivity contribution in [2.45, 2.75) is 18.2 Å². The molecule has 0 saturated carbocycles. The molecule has 0 spiro atoms. The Morgan fingerprint density at radius 1 is 1.26 bits per heavy atom. The zero-order valence-electron chi connectivity index (χ0n) is 10.6. The van der Waals surface area contributed by atoms with Gasteiger partial charge in [0, 0.05) is 24.5 Å². The van der Waals surface area contributed by atoms with E-state index in [1.807, 2.05) is 0 Å². The van der Waals surface area contributed by atoms with E-state index < -0.39 is 10.0 Å². The first-order valence-corrected chi connectivity index (χ1v) is 7.36. The number of benzene rings is 1. The molecule has 1 aromatic heterocycles. The Labute approximate surface area is 112 Å². The number of hydrogen-bond donors (Lipinski definition) is 1. The van der Waals surface area contributed by atoms with E-state index >= 15 is 0 Å². The minimum atomic E-state index is -3.53. The fraction of sp³-hybridized carbons (Fsp3) is 0.214. The van der Waals surface area contributed by atoms with E-state index in [-0.39, 0.29) is 4.90 Å². The third-order valence-corrected chi connectivity index (χ3v) is 4.13. The smallest absolute Gasteiger partial charge is 0.241 e. The Morgan fingerprint density at radius 2 is 2.11 bits per heavy atom. The van der Waals surface area contributed by atoms with Crippen LogP contribution < -0.4 is 4.72 Å². The van der Waals surface area contributed by atoms with Gasteiger partial charge in [0.1, 0.15) is 0 Å². The van der Waals surface area contributed by atoms with Gasteiger partial charge < -0.3 is 0 Å². The topological polar surface area (TPSA) is 59.1 Å². The van der Waals surface area contributed by atoms with Gasteiger partial charge in [0.25, 0.3) is 0 Å². The average molecular weight is 274 g/mol. The standard InChI is InChI=1S/C14H14N2O2S/c1-2-3-4-11-16-19(17,18)14-9-5-8-13-12(14)7-6-10-15-13/h5-10,16H,4,11H2,1H3. The molecule has 0 bridgehead atoms. The van der Waals surface area contributed by atoms with Gasteiger partial charge in [-0.2, -0.15) is 0 Å². The van der Waals surface area contributed by atoms with E-state index in [0.29, 0.717) is 23.9 Å². The second-order valence-corrected chi connectivity index (χ2v) is 5.64. The van der Waals surface area contributed by atoms with Crippen molar-refractivity contribution in [3.05, 3.63) is 36.5 Å². The molecular formula is C14H14N2O2S. The van der Waals surface area contributed by atoms with Crippen molar-refractivity contribution in [2.75, 3.05) is 6.54 Å². The summed E-state index contributed by atoms with van der Waals surface area (Å²) in [5.41, 5.74) is 0.665. The van der Waals surface area contributed by atoms with E-state index in [0.717, 1.165) is 0 Å². The largest absolute Gasteiger partial charge is 0.256 e. The van der Waals surface area contributed by atoms with Crippen LogP contribution in [0.3, 0.4) is 0 Å². The number of fused-ring (bicyclic) bond motifs is 1. The molecule has 1 N–H and O–H groups in total. The van der Waals surface area contributed by atoms with Gasteiger partial charge in [0.15, 0.2) is 0 Å². The fourth-order valence-corrected chi connectivity index (χ4v) is 3.01. The van der Waals surface area contributed by atoms with Crippen molar-refractivity contribution in [3.63, 3.8) is 0 Å². The highest BCUT2D eigenvalue weighted by molar-refractivity contribution is 7.89. The maximum atomic E-state index is 12.2. The first-order chi connectivity index (χ1) is 9.15. The minimum absolute atomic E-state index is 0.252. The summed E-state index contributed by atoms with van der Waals surface area (Å²) in [5, 5.41) is 0.624. The van der Waals surface area contributed by atoms with Crippen LogP contribution in [0.15, 0.2) is 41.4 Å². The molecule has 4 nitrogen and oxygen atoms in total. The number of hydrogen-bond acceptors (Lipinski definition) is 3. The first kappa shape index (κ1) is 13.5. The van der Waals surface area contributed by atoms with Gasteiger partial charge in [0.05, 0.1) is 10.4 Å². The minimum Gasteiger partial charge on any atom is -0.256 e. The van der Waals surface area contributed by atoms with Crippen molar-refractivity contribution in [1.82, 2.24) is 9.71 Å².